The topological polar surface area (TPSA) is 107 Å². The third-order valence-corrected chi connectivity index (χ3v) is 7.53. The minimum atomic E-state index is -2.15. The fourth-order valence-corrected chi connectivity index (χ4v) is 5.86. The van der Waals surface area contributed by atoms with Crippen molar-refractivity contribution in [1.82, 2.24) is 0 Å². The van der Waals surface area contributed by atoms with E-state index in [1.165, 1.54) is 24.3 Å². The van der Waals surface area contributed by atoms with Crippen molar-refractivity contribution in [2.24, 2.45) is 11.8 Å². The lowest BCUT2D eigenvalue weighted by molar-refractivity contribution is -0.127. The number of anilines is 1. The van der Waals surface area contributed by atoms with Crippen molar-refractivity contribution in [2.75, 3.05) is 11.5 Å². The molecule has 38 heavy (non-hydrogen) atoms. The summed E-state index contributed by atoms with van der Waals surface area (Å²) in [6, 6.07) is 19.5. The van der Waals surface area contributed by atoms with Gasteiger partial charge >= 0.3 is 5.97 Å². The Balaban J connectivity index is 1.49. The van der Waals surface area contributed by atoms with Crippen LogP contribution in [-0.4, -0.2) is 41.6 Å². The van der Waals surface area contributed by atoms with Crippen LogP contribution in [0.5, 0.6) is 0 Å². The summed E-state index contributed by atoms with van der Waals surface area (Å²) in [6.45, 7) is 3.76. The van der Waals surface area contributed by atoms with Crippen LogP contribution in [0.3, 0.4) is 0 Å². The number of aryl methyl sites for hydroxylation is 1. The highest BCUT2D eigenvalue weighted by Crippen LogP contribution is 2.57. The van der Waals surface area contributed by atoms with Crippen molar-refractivity contribution in [2.45, 2.75) is 25.6 Å². The summed E-state index contributed by atoms with van der Waals surface area (Å²) in [6.07, 6.45) is -1.07. The summed E-state index contributed by atoms with van der Waals surface area (Å²) in [5.74, 6) is -5.38. The van der Waals surface area contributed by atoms with Crippen molar-refractivity contribution in [3.63, 3.8) is 0 Å². The number of rotatable bonds is 4. The molecule has 0 unspecified atom stereocenters. The zero-order valence-corrected chi connectivity index (χ0v) is 20.7. The lowest BCUT2D eigenvalue weighted by Crippen LogP contribution is -2.51. The molecule has 2 heterocycles. The summed E-state index contributed by atoms with van der Waals surface area (Å²) in [5, 5.41) is 0. The Morgan fingerprint density at radius 1 is 0.895 bits per heavy atom. The largest absolute Gasteiger partial charge is 0.462 e. The molecule has 2 fully saturated rings. The molecule has 3 aromatic rings. The van der Waals surface area contributed by atoms with E-state index in [0.29, 0.717) is 16.8 Å². The van der Waals surface area contributed by atoms with Gasteiger partial charge in [-0.25, -0.2) is 9.69 Å². The first-order valence-electron chi connectivity index (χ1n) is 12.4. The Kier molecular flexibility index (Phi) is 5.39. The third-order valence-electron chi connectivity index (χ3n) is 7.53. The van der Waals surface area contributed by atoms with Gasteiger partial charge in [-0.2, -0.15) is 0 Å². The fourth-order valence-electron chi connectivity index (χ4n) is 5.86. The number of Topliss-reactive ketones (excluding diaryl/α,β-unsaturated/α-hetero) is 2. The van der Waals surface area contributed by atoms with E-state index >= 15 is 0 Å². The van der Waals surface area contributed by atoms with E-state index in [1.807, 2.05) is 13.0 Å². The number of carbonyl (C=O) groups is 5. The second-order valence-electron chi connectivity index (χ2n) is 9.67. The number of hydrogen-bond acceptors (Lipinski definition) is 7. The van der Waals surface area contributed by atoms with Gasteiger partial charge in [0, 0.05) is 11.1 Å². The monoisotopic (exact) mass is 509 g/mol. The van der Waals surface area contributed by atoms with E-state index in [4.69, 9.17) is 9.47 Å². The molecule has 1 aliphatic carbocycles. The second-order valence-corrected chi connectivity index (χ2v) is 9.67. The Labute approximate surface area is 218 Å². The van der Waals surface area contributed by atoms with Gasteiger partial charge in [-0.3, -0.25) is 19.2 Å². The smallest absolute Gasteiger partial charge is 0.338 e. The molecule has 0 aromatic heterocycles. The van der Waals surface area contributed by atoms with E-state index in [0.717, 1.165) is 10.5 Å². The average molecular weight is 510 g/mol. The Morgan fingerprint density at radius 3 is 2.16 bits per heavy atom. The number of esters is 1. The van der Waals surface area contributed by atoms with Crippen molar-refractivity contribution in [1.29, 1.82) is 0 Å². The fraction of sp³-hybridized carbons (Fsp3) is 0.233. The molecule has 0 radical (unpaired) electrons. The number of hydrogen-bond donors (Lipinski definition) is 0. The Hall–Kier alpha value is -4.43. The standard InChI is InChI=1S/C30H23NO7/c1-3-37-29(36)18-13-11-17(12-14-18)24-22-23(28(35)31(27(22)34)19-8-6-7-16(2)15-19)30(38-24)25(32)20-9-4-5-10-21(20)26(30)33/h4-15,22-24H,3H2,1-2H3/t22-,23+,24-/m0/s1. The molecule has 2 aliphatic heterocycles. The molecule has 6 rings (SSSR count). The highest BCUT2D eigenvalue weighted by atomic mass is 16.5. The summed E-state index contributed by atoms with van der Waals surface area (Å²) in [4.78, 5) is 68.7. The summed E-state index contributed by atoms with van der Waals surface area (Å²) < 4.78 is 11.3. The van der Waals surface area contributed by atoms with Crippen LogP contribution in [0.1, 0.15) is 55.2 Å². The van der Waals surface area contributed by atoms with E-state index in [1.54, 1.807) is 49.4 Å². The molecular weight excluding hydrogens is 486 g/mol. The molecular formula is C30H23NO7. The predicted molar refractivity (Wildman–Crippen MR) is 135 cm³/mol. The first kappa shape index (κ1) is 23.9. The zero-order valence-electron chi connectivity index (χ0n) is 20.7. The quantitative estimate of drug-likeness (QED) is 0.299. The Bertz CT molecular complexity index is 1510. The van der Waals surface area contributed by atoms with E-state index < -0.39 is 52.9 Å². The Morgan fingerprint density at radius 2 is 1.55 bits per heavy atom. The van der Waals surface area contributed by atoms with Crippen molar-refractivity contribution < 1.29 is 33.4 Å². The van der Waals surface area contributed by atoms with Gasteiger partial charge in [0.1, 0.15) is 0 Å². The van der Waals surface area contributed by atoms with Crippen LogP contribution in [-0.2, 0) is 19.1 Å². The summed E-state index contributed by atoms with van der Waals surface area (Å²) in [7, 11) is 0. The maximum atomic E-state index is 14.0. The molecule has 0 saturated carbocycles. The van der Waals surface area contributed by atoms with Crippen molar-refractivity contribution in [3.05, 3.63) is 101 Å². The van der Waals surface area contributed by atoms with Crippen LogP contribution in [0, 0.1) is 18.8 Å². The van der Waals surface area contributed by atoms with Crippen LogP contribution in [0.2, 0.25) is 0 Å². The molecule has 3 aromatic carbocycles. The van der Waals surface area contributed by atoms with Crippen molar-refractivity contribution in [3.8, 4) is 0 Å². The van der Waals surface area contributed by atoms with Crippen molar-refractivity contribution >= 4 is 35.0 Å². The maximum Gasteiger partial charge on any atom is 0.338 e. The lowest BCUT2D eigenvalue weighted by Gasteiger charge is -2.27. The number of amides is 2. The zero-order chi connectivity index (χ0) is 26.8. The predicted octanol–water partition coefficient (Wildman–Crippen LogP) is 3.87. The number of imide groups is 1. The van der Waals surface area contributed by atoms with Gasteiger partial charge in [0.15, 0.2) is 0 Å². The molecule has 8 nitrogen and oxygen atoms in total. The number of carbonyl (C=O) groups excluding carboxylic acids is 5. The van der Waals surface area contributed by atoms with Crippen LogP contribution in [0.25, 0.3) is 0 Å². The highest BCUT2D eigenvalue weighted by Gasteiger charge is 2.74. The highest BCUT2D eigenvalue weighted by molar-refractivity contribution is 6.37. The molecule has 2 saturated heterocycles. The molecule has 3 atom stereocenters. The summed E-state index contributed by atoms with van der Waals surface area (Å²) >= 11 is 0. The van der Waals surface area contributed by atoms with Crippen LogP contribution < -0.4 is 4.90 Å². The van der Waals surface area contributed by atoms with E-state index in [2.05, 4.69) is 0 Å². The van der Waals surface area contributed by atoms with Gasteiger partial charge in [-0.05, 0) is 49.2 Å². The average Bonchev–Trinajstić information content (AvgIpc) is 3.49. The van der Waals surface area contributed by atoms with Gasteiger partial charge in [0.2, 0.25) is 29.0 Å². The molecule has 3 aliphatic rings. The van der Waals surface area contributed by atoms with E-state index in [9.17, 15) is 24.0 Å². The number of ether oxygens (including phenoxy) is 2. The molecule has 1 spiro atoms. The van der Waals surface area contributed by atoms with Gasteiger partial charge in [-0.15, -0.1) is 0 Å². The van der Waals surface area contributed by atoms with E-state index in [-0.39, 0.29) is 17.7 Å². The number of ketones is 2. The normalized spacial score (nSPS) is 23.2. The van der Waals surface area contributed by atoms with Gasteiger partial charge < -0.3 is 9.47 Å². The molecule has 0 N–H and O–H groups in total. The minimum Gasteiger partial charge on any atom is -0.462 e. The first-order chi connectivity index (χ1) is 18.3. The third kappa shape index (κ3) is 3.16. The minimum absolute atomic E-state index is 0.170. The van der Waals surface area contributed by atoms with Crippen LogP contribution >= 0.6 is 0 Å². The van der Waals surface area contributed by atoms with Gasteiger partial charge in [0.25, 0.3) is 0 Å². The van der Waals surface area contributed by atoms with Crippen LogP contribution in [0.4, 0.5) is 5.69 Å². The lowest BCUT2D eigenvalue weighted by atomic mass is 9.77. The SMILES string of the molecule is CCOC(=O)c1ccc([C@@H]2OC3(C(=O)c4ccccc4C3=O)[C@H]3C(=O)N(c4cccc(C)c4)C(=O)[C@H]23)cc1. The van der Waals surface area contributed by atoms with Crippen LogP contribution in [0.15, 0.2) is 72.8 Å². The molecule has 8 heteroatoms. The maximum absolute atomic E-state index is 14.0. The van der Waals surface area contributed by atoms with Gasteiger partial charge in [0.05, 0.1) is 35.8 Å². The first-order valence-corrected chi connectivity index (χ1v) is 12.4. The molecule has 2 amide bonds. The number of nitrogens with zero attached hydrogens (tertiary/aromatic N) is 1. The molecule has 190 valence electrons. The van der Waals surface area contributed by atoms with Gasteiger partial charge in [-0.1, -0.05) is 48.5 Å². The summed E-state index contributed by atoms with van der Waals surface area (Å²) in [5.41, 5.74) is 0.176. The second kappa shape index (κ2) is 8.56. The molecule has 0 bridgehead atoms. The number of fused-ring (bicyclic) bond motifs is 3. The number of benzene rings is 3.